The molecule has 0 bridgehead atoms. The Hall–Kier alpha value is -3.00. The monoisotopic (exact) mass is 413 g/mol. The van der Waals surface area contributed by atoms with E-state index < -0.39 is 0 Å². The summed E-state index contributed by atoms with van der Waals surface area (Å²) >= 11 is 1.19. The van der Waals surface area contributed by atoms with E-state index in [4.69, 9.17) is 13.9 Å². The van der Waals surface area contributed by atoms with Gasteiger partial charge in [0.2, 0.25) is 5.91 Å². The maximum absolute atomic E-state index is 12.0. The Morgan fingerprint density at radius 2 is 2.03 bits per heavy atom. The average molecular weight is 413 g/mol. The van der Waals surface area contributed by atoms with Gasteiger partial charge >= 0.3 is 0 Å². The number of hydrogen-bond donors (Lipinski definition) is 1. The number of aryl methyl sites for hydroxylation is 1. The van der Waals surface area contributed by atoms with Gasteiger partial charge in [0, 0.05) is 6.54 Å². The summed E-state index contributed by atoms with van der Waals surface area (Å²) < 4.78 is 16.4. The highest BCUT2D eigenvalue weighted by Crippen LogP contribution is 2.19. The smallest absolute Gasteiger partial charge is 0.277 e. The lowest BCUT2D eigenvalue weighted by molar-refractivity contribution is -0.118. The predicted molar refractivity (Wildman–Crippen MR) is 110 cm³/mol. The number of benzene rings is 2. The van der Waals surface area contributed by atoms with Crippen molar-refractivity contribution in [2.45, 2.75) is 25.2 Å². The first-order chi connectivity index (χ1) is 14.1. The van der Waals surface area contributed by atoms with Crippen molar-refractivity contribution >= 4 is 17.7 Å². The van der Waals surface area contributed by atoms with E-state index in [0.29, 0.717) is 24.1 Å². The van der Waals surface area contributed by atoms with Crippen molar-refractivity contribution < 1.29 is 18.7 Å². The van der Waals surface area contributed by atoms with Crippen LogP contribution in [-0.2, 0) is 17.8 Å². The lowest BCUT2D eigenvalue weighted by Crippen LogP contribution is -2.27. The van der Waals surface area contributed by atoms with Crippen LogP contribution >= 0.6 is 11.8 Å². The molecule has 7 nitrogen and oxygen atoms in total. The minimum absolute atomic E-state index is 0.0966. The second kappa shape index (κ2) is 10.5. The first-order valence-corrected chi connectivity index (χ1v) is 10.2. The first-order valence-electron chi connectivity index (χ1n) is 9.17. The molecule has 1 aromatic heterocycles. The van der Waals surface area contributed by atoms with Gasteiger partial charge in [0.15, 0.2) is 6.61 Å². The summed E-state index contributed by atoms with van der Waals surface area (Å²) in [6.07, 6.45) is 0.696. The molecule has 1 amide bonds. The second-order valence-electron chi connectivity index (χ2n) is 6.27. The Kier molecular flexibility index (Phi) is 7.52. The number of para-hydroxylation sites is 1. The largest absolute Gasteiger partial charge is 0.496 e. The molecule has 0 saturated carbocycles. The van der Waals surface area contributed by atoms with Gasteiger partial charge in [-0.3, -0.25) is 4.79 Å². The van der Waals surface area contributed by atoms with Crippen LogP contribution < -0.4 is 14.8 Å². The molecule has 0 atom stereocenters. The van der Waals surface area contributed by atoms with Gasteiger partial charge < -0.3 is 19.2 Å². The Balaban J connectivity index is 1.38. The topological polar surface area (TPSA) is 86.5 Å². The summed E-state index contributed by atoms with van der Waals surface area (Å²) in [5.41, 5.74) is 2.17. The third-order valence-electron chi connectivity index (χ3n) is 4.04. The Morgan fingerprint density at radius 3 is 2.86 bits per heavy atom. The van der Waals surface area contributed by atoms with Crippen molar-refractivity contribution in [2.75, 3.05) is 19.4 Å². The van der Waals surface area contributed by atoms with Crippen LogP contribution in [0.4, 0.5) is 0 Å². The zero-order valence-corrected chi connectivity index (χ0v) is 17.2. The Morgan fingerprint density at radius 1 is 1.17 bits per heavy atom. The van der Waals surface area contributed by atoms with Crippen LogP contribution in [0.15, 0.2) is 58.2 Å². The first kappa shape index (κ1) is 20.7. The van der Waals surface area contributed by atoms with E-state index in [2.05, 4.69) is 15.5 Å². The van der Waals surface area contributed by atoms with Crippen LogP contribution in [0.3, 0.4) is 0 Å². The molecule has 8 heteroatoms. The van der Waals surface area contributed by atoms with Gasteiger partial charge in [-0.1, -0.05) is 42.1 Å². The number of rotatable bonds is 10. The summed E-state index contributed by atoms with van der Waals surface area (Å²) in [5, 5.41) is 11.1. The van der Waals surface area contributed by atoms with E-state index in [9.17, 15) is 4.79 Å². The van der Waals surface area contributed by atoms with Gasteiger partial charge in [-0.25, -0.2) is 0 Å². The molecule has 0 aliphatic carbocycles. The molecule has 0 aliphatic heterocycles. The highest BCUT2D eigenvalue weighted by atomic mass is 32.2. The second-order valence-corrected chi connectivity index (χ2v) is 7.19. The zero-order valence-electron chi connectivity index (χ0n) is 16.4. The Labute approximate surface area is 173 Å². The van der Waals surface area contributed by atoms with Gasteiger partial charge in [0.1, 0.15) is 11.5 Å². The van der Waals surface area contributed by atoms with E-state index in [0.717, 1.165) is 22.6 Å². The van der Waals surface area contributed by atoms with Crippen molar-refractivity contribution in [3.63, 3.8) is 0 Å². The van der Waals surface area contributed by atoms with Crippen LogP contribution in [0.25, 0.3) is 0 Å². The molecule has 0 radical (unpaired) electrons. The summed E-state index contributed by atoms with van der Waals surface area (Å²) in [6.45, 7) is 2.71. The number of nitrogens with zero attached hydrogens (tertiary/aromatic N) is 2. The molecule has 2 aromatic carbocycles. The molecule has 152 valence electrons. The number of thioether (sulfide) groups is 1. The summed E-state index contributed by atoms with van der Waals surface area (Å²) in [7, 11) is 1.64. The quantitative estimate of drug-likeness (QED) is 0.510. The van der Waals surface area contributed by atoms with E-state index in [1.807, 2.05) is 55.5 Å². The number of carbonyl (C=O) groups is 1. The fourth-order valence-corrected chi connectivity index (χ4v) is 3.24. The van der Waals surface area contributed by atoms with E-state index in [-0.39, 0.29) is 18.3 Å². The lowest BCUT2D eigenvalue weighted by Gasteiger charge is -2.08. The molecule has 0 aliphatic rings. The fourth-order valence-electron chi connectivity index (χ4n) is 2.63. The Bertz CT molecular complexity index is 945. The third kappa shape index (κ3) is 6.53. The third-order valence-corrected chi connectivity index (χ3v) is 4.85. The number of amides is 1. The van der Waals surface area contributed by atoms with Crippen LogP contribution in [0.5, 0.6) is 11.5 Å². The van der Waals surface area contributed by atoms with E-state index in [1.54, 1.807) is 7.11 Å². The van der Waals surface area contributed by atoms with Crippen LogP contribution in [0.1, 0.15) is 17.0 Å². The summed E-state index contributed by atoms with van der Waals surface area (Å²) in [4.78, 5) is 12.0. The van der Waals surface area contributed by atoms with Gasteiger partial charge in [0.05, 0.1) is 12.9 Å². The van der Waals surface area contributed by atoms with Crippen molar-refractivity contribution in [1.82, 2.24) is 15.5 Å². The van der Waals surface area contributed by atoms with Crippen molar-refractivity contribution in [3.05, 3.63) is 65.5 Å². The van der Waals surface area contributed by atoms with Crippen LogP contribution in [-0.4, -0.2) is 35.5 Å². The fraction of sp³-hybridized carbons (Fsp3) is 0.286. The predicted octanol–water partition coefficient (Wildman–Crippen LogP) is 3.42. The number of nitrogens with one attached hydrogen (secondary N) is 1. The average Bonchev–Trinajstić information content (AvgIpc) is 3.19. The normalized spacial score (nSPS) is 10.6. The minimum atomic E-state index is -0.0966. The molecule has 3 rings (SSSR count). The number of aromatic nitrogens is 2. The lowest BCUT2D eigenvalue weighted by atomic mass is 10.1. The summed E-state index contributed by atoms with van der Waals surface area (Å²) in [5.74, 6) is 2.03. The number of hydrogen-bond acceptors (Lipinski definition) is 7. The highest BCUT2D eigenvalue weighted by molar-refractivity contribution is 7.99. The van der Waals surface area contributed by atoms with E-state index >= 15 is 0 Å². The molecule has 0 fully saturated rings. The van der Waals surface area contributed by atoms with Crippen LogP contribution in [0, 0.1) is 6.92 Å². The molecule has 3 aromatic rings. The van der Waals surface area contributed by atoms with Gasteiger partial charge in [-0.15, -0.1) is 10.2 Å². The number of methoxy groups -OCH3 is 1. The van der Waals surface area contributed by atoms with Gasteiger partial charge in [-0.2, -0.15) is 0 Å². The summed E-state index contributed by atoms with van der Waals surface area (Å²) in [6, 6.07) is 15.5. The van der Waals surface area contributed by atoms with Gasteiger partial charge in [-0.05, 0) is 42.7 Å². The number of carbonyl (C=O) groups excluding carboxylic acids is 1. The maximum Gasteiger partial charge on any atom is 0.277 e. The molecular formula is C21H23N3O4S. The highest BCUT2D eigenvalue weighted by Gasteiger charge is 2.10. The van der Waals surface area contributed by atoms with Crippen molar-refractivity contribution in [3.8, 4) is 11.5 Å². The molecule has 1 N–H and O–H groups in total. The molecule has 0 spiro atoms. The number of ether oxygens (including phenoxy) is 2. The standard InChI is InChI=1S/C21H23N3O4S/c1-15-6-5-8-17(12-15)27-13-20-23-24-21(28-20)29-14-19(25)22-11-10-16-7-3-4-9-18(16)26-2/h3-9,12H,10-11,13-14H2,1-2H3,(H,22,25). The van der Waals surface area contributed by atoms with Crippen LogP contribution in [0.2, 0.25) is 0 Å². The maximum atomic E-state index is 12.0. The van der Waals surface area contributed by atoms with Crippen molar-refractivity contribution in [2.24, 2.45) is 0 Å². The molecule has 0 unspecified atom stereocenters. The molecule has 29 heavy (non-hydrogen) atoms. The molecule has 1 heterocycles. The van der Waals surface area contributed by atoms with E-state index in [1.165, 1.54) is 11.8 Å². The van der Waals surface area contributed by atoms with Gasteiger partial charge in [0.25, 0.3) is 11.1 Å². The zero-order chi connectivity index (χ0) is 20.5. The molecule has 0 saturated heterocycles. The molecular weight excluding hydrogens is 390 g/mol. The SMILES string of the molecule is COc1ccccc1CCNC(=O)CSc1nnc(COc2cccc(C)c2)o1. The minimum Gasteiger partial charge on any atom is -0.496 e. The van der Waals surface area contributed by atoms with Crippen molar-refractivity contribution in [1.29, 1.82) is 0 Å².